The molecule has 2 rings (SSSR count). The Balaban J connectivity index is 0.00000364. The molecule has 1 aromatic carbocycles. The Kier molecular flexibility index (Phi) is 10.5. The smallest absolute Gasteiger partial charge is 0.191 e. The molecular formula is C20H30IN3O2S. The first kappa shape index (κ1) is 23.6. The number of aliphatic imine (C=N–C) groups is 1. The Hall–Kier alpha value is -1.48. The zero-order valence-electron chi connectivity index (χ0n) is 16.4. The Morgan fingerprint density at radius 2 is 2.07 bits per heavy atom. The van der Waals surface area contributed by atoms with Gasteiger partial charge >= 0.3 is 0 Å². The number of phenols is 1. The summed E-state index contributed by atoms with van der Waals surface area (Å²) < 4.78 is 5.15. The molecule has 1 atom stereocenters. The molecule has 0 spiro atoms. The summed E-state index contributed by atoms with van der Waals surface area (Å²) in [6, 6.07) is 10.1. The summed E-state index contributed by atoms with van der Waals surface area (Å²) in [7, 11) is 1.56. The number of guanidine groups is 1. The van der Waals surface area contributed by atoms with E-state index in [4.69, 9.17) is 4.74 Å². The van der Waals surface area contributed by atoms with Crippen LogP contribution < -0.4 is 15.4 Å². The van der Waals surface area contributed by atoms with Crippen molar-refractivity contribution in [2.45, 2.75) is 39.7 Å². The second-order valence-electron chi connectivity index (χ2n) is 6.28. The van der Waals surface area contributed by atoms with Crippen molar-refractivity contribution in [3.8, 4) is 11.5 Å². The molecule has 0 radical (unpaired) electrons. The zero-order chi connectivity index (χ0) is 18.9. The lowest BCUT2D eigenvalue weighted by atomic mass is 10.1. The number of hydrogen-bond donors (Lipinski definition) is 3. The molecule has 27 heavy (non-hydrogen) atoms. The lowest BCUT2D eigenvalue weighted by Crippen LogP contribution is -2.43. The van der Waals surface area contributed by atoms with Crippen LogP contribution in [0.3, 0.4) is 0 Å². The van der Waals surface area contributed by atoms with E-state index in [2.05, 4.69) is 48.5 Å². The van der Waals surface area contributed by atoms with Crippen LogP contribution >= 0.6 is 35.3 Å². The van der Waals surface area contributed by atoms with Gasteiger partial charge in [-0.25, -0.2) is 0 Å². The SMILES string of the molecule is CCNC(=NCCc1ccc(O)c(OC)c1)NC(C)Cc1ccc(C)s1.I. The fourth-order valence-electron chi connectivity index (χ4n) is 2.68. The van der Waals surface area contributed by atoms with E-state index < -0.39 is 0 Å². The van der Waals surface area contributed by atoms with Gasteiger partial charge in [0.1, 0.15) is 0 Å². The average Bonchev–Trinajstić information content (AvgIpc) is 3.01. The van der Waals surface area contributed by atoms with Crippen molar-refractivity contribution in [3.63, 3.8) is 0 Å². The molecule has 0 bridgehead atoms. The summed E-state index contributed by atoms with van der Waals surface area (Å²) in [5.74, 6) is 1.49. The maximum absolute atomic E-state index is 9.67. The molecular weight excluding hydrogens is 473 g/mol. The third-order valence-electron chi connectivity index (χ3n) is 3.95. The number of aryl methyl sites for hydroxylation is 1. The van der Waals surface area contributed by atoms with Gasteiger partial charge in [-0.2, -0.15) is 0 Å². The highest BCUT2D eigenvalue weighted by Gasteiger charge is 2.08. The number of thiophene rings is 1. The largest absolute Gasteiger partial charge is 0.504 e. The van der Waals surface area contributed by atoms with Gasteiger partial charge in [0, 0.05) is 35.3 Å². The van der Waals surface area contributed by atoms with E-state index in [1.807, 2.05) is 23.5 Å². The Morgan fingerprint density at radius 1 is 1.30 bits per heavy atom. The molecule has 0 aliphatic heterocycles. The maximum atomic E-state index is 9.67. The van der Waals surface area contributed by atoms with Gasteiger partial charge in [0.2, 0.25) is 0 Å². The molecule has 0 amide bonds. The second-order valence-corrected chi connectivity index (χ2v) is 7.65. The van der Waals surface area contributed by atoms with Gasteiger partial charge in [-0.1, -0.05) is 6.07 Å². The molecule has 0 aliphatic carbocycles. The van der Waals surface area contributed by atoms with Crippen molar-refractivity contribution >= 4 is 41.3 Å². The van der Waals surface area contributed by atoms with Crippen molar-refractivity contribution in [1.82, 2.24) is 10.6 Å². The molecule has 150 valence electrons. The standard InChI is InChI=1S/C20H29N3O2S.HI/c1-5-21-20(23-14(2)12-17-8-6-15(3)26-17)22-11-10-16-7-9-18(24)19(13-16)25-4;/h6-9,13-14,24H,5,10-12H2,1-4H3,(H2,21,22,23);1H. The molecule has 7 heteroatoms. The summed E-state index contributed by atoms with van der Waals surface area (Å²) in [5, 5.41) is 16.4. The van der Waals surface area contributed by atoms with Gasteiger partial charge in [0.25, 0.3) is 0 Å². The minimum Gasteiger partial charge on any atom is -0.504 e. The highest BCUT2D eigenvalue weighted by atomic mass is 127. The normalized spacial score (nSPS) is 12.2. The van der Waals surface area contributed by atoms with E-state index in [-0.39, 0.29) is 29.7 Å². The highest BCUT2D eigenvalue weighted by Crippen LogP contribution is 2.26. The number of rotatable bonds is 8. The summed E-state index contributed by atoms with van der Waals surface area (Å²) >= 11 is 1.84. The number of halogens is 1. The summed E-state index contributed by atoms with van der Waals surface area (Å²) in [6.07, 6.45) is 1.77. The van der Waals surface area contributed by atoms with Crippen molar-refractivity contribution in [1.29, 1.82) is 0 Å². The number of nitrogens with one attached hydrogen (secondary N) is 2. The first-order chi connectivity index (χ1) is 12.5. The van der Waals surface area contributed by atoms with Crippen LogP contribution in [0.2, 0.25) is 0 Å². The van der Waals surface area contributed by atoms with Gasteiger partial charge < -0.3 is 20.5 Å². The van der Waals surface area contributed by atoms with E-state index >= 15 is 0 Å². The van der Waals surface area contributed by atoms with Crippen LogP contribution in [-0.4, -0.2) is 37.3 Å². The molecule has 3 N–H and O–H groups in total. The summed E-state index contributed by atoms with van der Waals surface area (Å²) in [5.41, 5.74) is 1.08. The number of benzene rings is 1. The topological polar surface area (TPSA) is 65.9 Å². The van der Waals surface area contributed by atoms with Crippen LogP contribution in [0.4, 0.5) is 0 Å². The number of phenolic OH excluding ortho intramolecular Hbond substituents is 1. The van der Waals surface area contributed by atoms with E-state index in [9.17, 15) is 5.11 Å². The first-order valence-corrected chi connectivity index (χ1v) is 9.79. The molecule has 5 nitrogen and oxygen atoms in total. The number of methoxy groups -OCH3 is 1. The Morgan fingerprint density at radius 3 is 2.70 bits per heavy atom. The second kappa shape index (κ2) is 12.1. The molecule has 1 heterocycles. The lowest BCUT2D eigenvalue weighted by molar-refractivity contribution is 0.373. The van der Waals surface area contributed by atoms with Crippen LogP contribution in [-0.2, 0) is 12.8 Å². The quantitative estimate of drug-likeness (QED) is 0.288. The van der Waals surface area contributed by atoms with Gasteiger partial charge in [-0.05, 0) is 57.0 Å². The molecule has 2 aromatic rings. The maximum Gasteiger partial charge on any atom is 0.191 e. The molecule has 1 aromatic heterocycles. The molecule has 0 saturated heterocycles. The molecule has 0 aliphatic rings. The van der Waals surface area contributed by atoms with Gasteiger partial charge in [-0.3, -0.25) is 4.99 Å². The third-order valence-corrected chi connectivity index (χ3v) is 4.97. The summed E-state index contributed by atoms with van der Waals surface area (Å²) in [4.78, 5) is 7.40. The van der Waals surface area contributed by atoms with Crippen molar-refractivity contribution in [3.05, 3.63) is 45.6 Å². The van der Waals surface area contributed by atoms with Crippen LogP contribution in [0.5, 0.6) is 11.5 Å². The predicted octanol–water partition coefficient (Wildman–Crippen LogP) is 4.12. The van der Waals surface area contributed by atoms with Crippen LogP contribution in [0.25, 0.3) is 0 Å². The molecule has 0 saturated carbocycles. The van der Waals surface area contributed by atoms with E-state index in [1.54, 1.807) is 13.2 Å². The lowest BCUT2D eigenvalue weighted by Gasteiger charge is -2.17. The fourth-order valence-corrected chi connectivity index (χ4v) is 3.69. The first-order valence-electron chi connectivity index (χ1n) is 8.97. The minimum absolute atomic E-state index is 0. The van der Waals surface area contributed by atoms with Crippen molar-refractivity contribution < 1.29 is 9.84 Å². The summed E-state index contributed by atoms with van der Waals surface area (Å²) in [6.45, 7) is 7.86. The monoisotopic (exact) mass is 503 g/mol. The van der Waals surface area contributed by atoms with Crippen molar-refractivity contribution in [2.24, 2.45) is 4.99 Å². The van der Waals surface area contributed by atoms with Crippen LogP contribution in [0, 0.1) is 6.92 Å². The third kappa shape index (κ3) is 7.96. The van der Waals surface area contributed by atoms with Crippen LogP contribution in [0.1, 0.15) is 29.2 Å². The number of nitrogens with zero attached hydrogens (tertiary/aromatic N) is 1. The minimum atomic E-state index is 0. The van der Waals surface area contributed by atoms with Crippen molar-refractivity contribution in [2.75, 3.05) is 20.2 Å². The predicted molar refractivity (Wildman–Crippen MR) is 125 cm³/mol. The highest BCUT2D eigenvalue weighted by molar-refractivity contribution is 14.0. The fraction of sp³-hybridized carbons (Fsp3) is 0.450. The van der Waals surface area contributed by atoms with E-state index in [1.165, 1.54) is 9.75 Å². The van der Waals surface area contributed by atoms with E-state index in [0.717, 1.165) is 30.9 Å². The zero-order valence-corrected chi connectivity index (χ0v) is 19.6. The average molecular weight is 503 g/mol. The van der Waals surface area contributed by atoms with Gasteiger partial charge in [0.15, 0.2) is 17.5 Å². The number of aromatic hydroxyl groups is 1. The molecule has 0 fully saturated rings. The van der Waals surface area contributed by atoms with Crippen LogP contribution in [0.15, 0.2) is 35.3 Å². The Labute approximate surface area is 183 Å². The van der Waals surface area contributed by atoms with Gasteiger partial charge in [-0.15, -0.1) is 35.3 Å². The Bertz CT molecular complexity index is 734. The number of hydrogen-bond acceptors (Lipinski definition) is 4. The van der Waals surface area contributed by atoms with E-state index in [0.29, 0.717) is 18.3 Å². The molecule has 1 unspecified atom stereocenters. The number of ether oxygens (including phenoxy) is 1. The van der Waals surface area contributed by atoms with Gasteiger partial charge in [0.05, 0.1) is 7.11 Å².